The topological polar surface area (TPSA) is 57.2 Å². The summed E-state index contributed by atoms with van der Waals surface area (Å²) in [5.74, 6) is 2.20. The number of methoxy groups -OCH3 is 3. The monoisotopic (exact) mass is 268 g/mol. The molecule has 5 heteroatoms. The van der Waals surface area contributed by atoms with Crippen LogP contribution in [-0.2, 0) is 13.0 Å². The Balaban J connectivity index is 2.75. The van der Waals surface area contributed by atoms with Crippen LogP contribution in [0.4, 0.5) is 0 Å². The van der Waals surface area contributed by atoms with Crippen LogP contribution in [0.1, 0.15) is 25.0 Å². The number of hydrogen-bond acceptors (Lipinski definition) is 5. The van der Waals surface area contributed by atoms with Crippen molar-refractivity contribution in [3.05, 3.63) is 11.1 Å². The van der Waals surface area contributed by atoms with Crippen LogP contribution in [0, 0.1) is 0 Å². The zero-order valence-corrected chi connectivity index (χ0v) is 12.0. The Morgan fingerprint density at radius 2 is 1.63 bits per heavy atom. The molecule has 106 valence electrons. The van der Waals surface area contributed by atoms with Crippen LogP contribution in [0.25, 0.3) is 0 Å². The summed E-state index contributed by atoms with van der Waals surface area (Å²) < 4.78 is 22.1. The van der Waals surface area contributed by atoms with Crippen molar-refractivity contribution in [2.24, 2.45) is 0 Å². The van der Waals surface area contributed by atoms with Gasteiger partial charge in [0.25, 0.3) is 0 Å². The third kappa shape index (κ3) is 2.08. The smallest absolute Gasteiger partial charge is 0.204 e. The van der Waals surface area contributed by atoms with E-state index in [1.54, 1.807) is 14.2 Å². The largest absolute Gasteiger partial charge is 0.492 e. The van der Waals surface area contributed by atoms with E-state index in [1.165, 1.54) is 7.11 Å². The van der Waals surface area contributed by atoms with E-state index in [0.29, 0.717) is 35.0 Å². The Morgan fingerprint density at radius 1 is 1.05 bits per heavy atom. The lowest BCUT2D eigenvalue weighted by molar-refractivity contribution is 0.133. The van der Waals surface area contributed by atoms with E-state index in [0.717, 1.165) is 5.56 Å². The fourth-order valence-corrected chi connectivity index (χ4v) is 2.55. The maximum atomic E-state index is 9.61. The number of fused-ring (bicyclic) bond motifs is 1. The summed E-state index contributed by atoms with van der Waals surface area (Å²) in [4.78, 5) is 0. The molecule has 1 aromatic rings. The summed E-state index contributed by atoms with van der Waals surface area (Å²) in [7, 11) is 4.67. The minimum Gasteiger partial charge on any atom is -0.492 e. The van der Waals surface area contributed by atoms with Crippen molar-refractivity contribution in [2.45, 2.75) is 32.5 Å². The van der Waals surface area contributed by atoms with Gasteiger partial charge in [-0.1, -0.05) is 0 Å². The number of benzene rings is 1. The lowest BCUT2D eigenvalue weighted by atomic mass is 9.98. The zero-order valence-electron chi connectivity index (χ0n) is 12.0. The summed E-state index contributed by atoms with van der Waals surface area (Å²) in [6.45, 7) is 3.81. The highest BCUT2D eigenvalue weighted by atomic mass is 16.5. The first kappa shape index (κ1) is 13.8. The van der Waals surface area contributed by atoms with Crippen LogP contribution in [0.15, 0.2) is 0 Å². The zero-order chi connectivity index (χ0) is 14.2. The SMILES string of the molecule is COc1c(CO)c2c(c(OC)c1OC)CC(C)(C)O2. The number of rotatable bonds is 4. The molecule has 5 nitrogen and oxygen atoms in total. The van der Waals surface area contributed by atoms with Crippen molar-refractivity contribution in [1.29, 1.82) is 0 Å². The molecule has 0 atom stereocenters. The molecule has 1 N–H and O–H groups in total. The third-order valence-corrected chi connectivity index (χ3v) is 3.26. The molecule has 1 heterocycles. The van der Waals surface area contributed by atoms with Crippen LogP contribution in [0.3, 0.4) is 0 Å². The molecule has 0 saturated carbocycles. The second-order valence-electron chi connectivity index (χ2n) is 5.08. The van der Waals surface area contributed by atoms with Crippen LogP contribution < -0.4 is 18.9 Å². The summed E-state index contributed by atoms with van der Waals surface area (Å²) in [5, 5.41) is 9.61. The number of aliphatic hydroxyl groups excluding tert-OH is 1. The molecule has 0 aromatic heterocycles. The van der Waals surface area contributed by atoms with Gasteiger partial charge in [0.2, 0.25) is 5.75 Å². The lowest BCUT2D eigenvalue weighted by Crippen LogP contribution is -2.25. The molecule has 1 aliphatic heterocycles. The predicted octanol–water partition coefficient (Wildman–Crippen LogP) is 1.92. The number of ether oxygens (including phenoxy) is 4. The Hall–Kier alpha value is -1.62. The van der Waals surface area contributed by atoms with Gasteiger partial charge in [-0.2, -0.15) is 0 Å². The summed E-state index contributed by atoms with van der Waals surface area (Å²) in [5.41, 5.74) is 1.17. The Morgan fingerprint density at radius 3 is 2.11 bits per heavy atom. The molecule has 0 fully saturated rings. The number of hydrogen-bond donors (Lipinski definition) is 1. The van der Waals surface area contributed by atoms with E-state index in [-0.39, 0.29) is 12.2 Å². The van der Waals surface area contributed by atoms with Crippen molar-refractivity contribution in [2.75, 3.05) is 21.3 Å². The van der Waals surface area contributed by atoms with E-state index in [4.69, 9.17) is 18.9 Å². The van der Waals surface area contributed by atoms with E-state index in [1.807, 2.05) is 13.8 Å². The Bertz CT molecular complexity index is 450. The Labute approximate surface area is 113 Å². The molecule has 1 aliphatic rings. The summed E-state index contributed by atoms with van der Waals surface area (Å²) in [6.07, 6.45) is 0.693. The number of aliphatic hydroxyl groups is 1. The van der Waals surface area contributed by atoms with Crippen molar-refractivity contribution in [3.8, 4) is 23.0 Å². The first-order valence-electron chi connectivity index (χ1n) is 6.12. The van der Waals surface area contributed by atoms with Gasteiger partial charge in [0.1, 0.15) is 11.4 Å². The van der Waals surface area contributed by atoms with Gasteiger partial charge in [-0.25, -0.2) is 0 Å². The molecular weight excluding hydrogens is 248 g/mol. The highest BCUT2D eigenvalue weighted by molar-refractivity contribution is 5.68. The van der Waals surface area contributed by atoms with Crippen molar-refractivity contribution in [1.82, 2.24) is 0 Å². The minimum atomic E-state index is -0.336. The predicted molar refractivity (Wildman–Crippen MR) is 70.4 cm³/mol. The molecule has 0 unspecified atom stereocenters. The van der Waals surface area contributed by atoms with Crippen LogP contribution in [0.5, 0.6) is 23.0 Å². The second-order valence-corrected chi connectivity index (χ2v) is 5.08. The van der Waals surface area contributed by atoms with Gasteiger partial charge in [-0.3, -0.25) is 0 Å². The van der Waals surface area contributed by atoms with Gasteiger partial charge in [0.15, 0.2) is 11.5 Å². The maximum Gasteiger partial charge on any atom is 0.204 e. The van der Waals surface area contributed by atoms with Crippen LogP contribution >= 0.6 is 0 Å². The van der Waals surface area contributed by atoms with Crippen LogP contribution in [-0.4, -0.2) is 32.0 Å². The Kier molecular flexibility index (Phi) is 3.49. The molecule has 1 aromatic carbocycles. The third-order valence-electron chi connectivity index (χ3n) is 3.26. The lowest BCUT2D eigenvalue weighted by Gasteiger charge is -2.20. The molecule has 0 saturated heterocycles. The minimum absolute atomic E-state index is 0.179. The quantitative estimate of drug-likeness (QED) is 0.904. The van der Waals surface area contributed by atoms with Crippen molar-refractivity contribution < 1.29 is 24.1 Å². The second kappa shape index (κ2) is 4.81. The van der Waals surface area contributed by atoms with Gasteiger partial charge in [0.05, 0.1) is 33.5 Å². The molecule has 0 radical (unpaired) electrons. The van der Waals surface area contributed by atoms with Gasteiger partial charge in [-0.15, -0.1) is 0 Å². The highest BCUT2D eigenvalue weighted by Crippen LogP contribution is 2.53. The van der Waals surface area contributed by atoms with E-state index in [9.17, 15) is 5.11 Å². The molecule has 2 rings (SSSR count). The molecule has 0 spiro atoms. The summed E-state index contributed by atoms with van der Waals surface area (Å²) >= 11 is 0. The highest BCUT2D eigenvalue weighted by Gasteiger charge is 2.38. The van der Waals surface area contributed by atoms with E-state index < -0.39 is 0 Å². The van der Waals surface area contributed by atoms with E-state index in [2.05, 4.69) is 0 Å². The van der Waals surface area contributed by atoms with Crippen molar-refractivity contribution in [3.63, 3.8) is 0 Å². The van der Waals surface area contributed by atoms with E-state index >= 15 is 0 Å². The normalized spacial score (nSPS) is 15.7. The molecule has 0 aliphatic carbocycles. The average molecular weight is 268 g/mol. The molecular formula is C14H20O5. The fraction of sp³-hybridized carbons (Fsp3) is 0.571. The van der Waals surface area contributed by atoms with Gasteiger partial charge < -0.3 is 24.1 Å². The standard InChI is InChI=1S/C14H20O5/c1-14(2)6-8-10(19-14)9(7-15)12(17-4)13(18-5)11(8)16-3/h15H,6-7H2,1-5H3. The molecule has 0 bridgehead atoms. The first-order valence-corrected chi connectivity index (χ1v) is 6.12. The summed E-state index contributed by atoms with van der Waals surface area (Å²) in [6, 6.07) is 0. The molecule has 19 heavy (non-hydrogen) atoms. The molecule has 0 amide bonds. The van der Waals surface area contributed by atoms with Gasteiger partial charge in [-0.05, 0) is 13.8 Å². The van der Waals surface area contributed by atoms with Gasteiger partial charge in [0, 0.05) is 12.0 Å². The van der Waals surface area contributed by atoms with Gasteiger partial charge >= 0.3 is 0 Å². The average Bonchev–Trinajstić information content (AvgIpc) is 2.70. The van der Waals surface area contributed by atoms with Crippen molar-refractivity contribution >= 4 is 0 Å². The first-order chi connectivity index (χ1) is 8.99. The maximum absolute atomic E-state index is 9.61. The van der Waals surface area contributed by atoms with Crippen LogP contribution in [0.2, 0.25) is 0 Å². The fourth-order valence-electron chi connectivity index (χ4n) is 2.55.